The number of para-hydroxylation sites is 1. The van der Waals surface area contributed by atoms with Gasteiger partial charge in [0.15, 0.2) is 5.82 Å². The number of carbonyl (C=O) groups is 3. The Morgan fingerprint density at radius 3 is 2.41 bits per heavy atom. The second kappa shape index (κ2) is 16.8. The number of pyridine rings is 1. The number of benzene rings is 2. The first-order valence-corrected chi connectivity index (χ1v) is 18.3. The number of alkyl halides is 3. The first-order chi connectivity index (χ1) is 26.7. The van der Waals surface area contributed by atoms with Crippen LogP contribution in [0.25, 0.3) is 0 Å². The van der Waals surface area contributed by atoms with Gasteiger partial charge in [-0.25, -0.2) is 9.78 Å². The number of imide groups is 1. The Bertz CT molecular complexity index is 2070. The number of aromatic nitrogens is 3. The fourth-order valence-electron chi connectivity index (χ4n) is 6.82. The van der Waals surface area contributed by atoms with Gasteiger partial charge in [0.1, 0.15) is 11.6 Å². The van der Waals surface area contributed by atoms with Crippen LogP contribution in [0.3, 0.4) is 0 Å². The van der Waals surface area contributed by atoms with Crippen LogP contribution in [-0.2, 0) is 17.5 Å². The Morgan fingerprint density at radius 1 is 1.00 bits per heavy atom. The topological polar surface area (TPSA) is 157 Å². The Morgan fingerprint density at radius 2 is 1.75 bits per heavy atom. The minimum Gasteiger partial charge on any atom is -0.489 e. The molecule has 14 nitrogen and oxygen atoms in total. The Kier molecular flexibility index (Phi) is 11.9. The normalized spacial score (nSPS) is 15.2. The summed E-state index contributed by atoms with van der Waals surface area (Å²) in [5.41, 5.74) is 2.39. The highest BCUT2D eigenvalue weighted by atomic mass is 19.4. The molecule has 0 aliphatic carbocycles. The molecule has 2 fully saturated rings. The van der Waals surface area contributed by atoms with E-state index in [1.165, 1.54) is 30.1 Å². The van der Waals surface area contributed by atoms with Gasteiger partial charge >= 0.3 is 12.2 Å². The smallest absolute Gasteiger partial charge is 0.419 e. The monoisotopic (exact) mass is 774 g/mol. The number of hydrogen-bond donors (Lipinski definition) is 4. The molecule has 0 bridgehead atoms. The van der Waals surface area contributed by atoms with Crippen molar-refractivity contribution in [2.24, 2.45) is 0 Å². The van der Waals surface area contributed by atoms with Gasteiger partial charge in [0.05, 0.1) is 40.0 Å². The highest BCUT2D eigenvalue weighted by Gasteiger charge is 2.35. The van der Waals surface area contributed by atoms with Gasteiger partial charge < -0.3 is 25.6 Å². The fraction of sp³-hybridized carbons (Fsp3) is 0.385. The maximum absolute atomic E-state index is 14.1. The number of nitrogens with zero attached hydrogens (tertiary/aromatic N) is 6. The van der Waals surface area contributed by atoms with E-state index in [9.17, 15) is 27.6 Å². The third-order valence-corrected chi connectivity index (χ3v) is 9.68. The molecule has 6 rings (SSSR count). The van der Waals surface area contributed by atoms with Crippen molar-refractivity contribution >= 4 is 52.2 Å². The van der Waals surface area contributed by atoms with Crippen molar-refractivity contribution in [3.05, 3.63) is 83.2 Å². The number of halogens is 3. The summed E-state index contributed by atoms with van der Waals surface area (Å²) < 4.78 is 48.7. The van der Waals surface area contributed by atoms with Crippen molar-refractivity contribution in [1.29, 1.82) is 0 Å². The molecule has 4 aromatic rings. The molecule has 4 N–H and O–H groups in total. The van der Waals surface area contributed by atoms with E-state index in [0.29, 0.717) is 23.8 Å². The van der Waals surface area contributed by atoms with Gasteiger partial charge in [-0.3, -0.25) is 24.7 Å². The molecule has 296 valence electrons. The van der Waals surface area contributed by atoms with E-state index in [4.69, 9.17) is 4.74 Å². The lowest BCUT2D eigenvalue weighted by molar-refractivity contribution is -0.137. The SMILES string of the molecule is CNC(=O)c1ccccc1Nc1cc(Nc2cc(C)c(N3CCC(N(C)Cc4ccc(N5CCC(=O)NC5=O)nn4)CC3)cc2OC(C)C)ncc1C(F)(F)F. The zero-order valence-corrected chi connectivity index (χ0v) is 31.8. The number of aryl methyl sites for hydroxylation is 1. The van der Waals surface area contributed by atoms with Crippen molar-refractivity contribution < 1.29 is 32.3 Å². The summed E-state index contributed by atoms with van der Waals surface area (Å²) in [6.45, 7) is 8.18. The first kappa shape index (κ1) is 39.7. The summed E-state index contributed by atoms with van der Waals surface area (Å²) in [4.78, 5) is 46.2. The quantitative estimate of drug-likeness (QED) is 0.127. The molecular weight excluding hydrogens is 729 g/mol. The van der Waals surface area contributed by atoms with E-state index in [1.54, 1.807) is 18.2 Å². The van der Waals surface area contributed by atoms with Crippen LogP contribution in [0.4, 0.5) is 52.4 Å². The summed E-state index contributed by atoms with van der Waals surface area (Å²) in [5, 5.41) is 19.4. The molecule has 56 heavy (non-hydrogen) atoms. The van der Waals surface area contributed by atoms with Gasteiger partial charge in [0.25, 0.3) is 5.91 Å². The van der Waals surface area contributed by atoms with E-state index in [1.807, 2.05) is 39.0 Å². The van der Waals surface area contributed by atoms with E-state index in [-0.39, 0.29) is 53.8 Å². The van der Waals surface area contributed by atoms with Crippen LogP contribution in [0.5, 0.6) is 5.75 Å². The molecule has 2 saturated heterocycles. The van der Waals surface area contributed by atoms with Gasteiger partial charge in [0, 0.05) is 69.7 Å². The summed E-state index contributed by atoms with van der Waals surface area (Å²) in [5.74, 6) is 0.316. The summed E-state index contributed by atoms with van der Waals surface area (Å²) in [6.07, 6.45) is -2.15. The number of ether oxygens (including phenoxy) is 1. The molecule has 17 heteroatoms. The van der Waals surface area contributed by atoms with Crippen molar-refractivity contribution in [3.63, 3.8) is 0 Å². The van der Waals surface area contributed by atoms with Gasteiger partial charge in [-0.15, -0.1) is 5.10 Å². The molecule has 0 atom stereocenters. The molecule has 2 aromatic heterocycles. The summed E-state index contributed by atoms with van der Waals surface area (Å²) >= 11 is 0. The first-order valence-electron chi connectivity index (χ1n) is 18.3. The molecule has 0 unspecified atom stereocenters. The van der Waals surface area contributed by atoms with Crippen LogP contribution in [0.1, 0.15) is 60.3 Å². The van der Waals surface area contributed by atoms with E-state index in [2.05, 4.69) is 53.3 Å². The van der Waals surface area contributed by atoms with Crippen LogP contribution < -0.4 is 35.8 Å². The van der Waals surface area contributed by atoms with Gasteiger partial charge in [0.2, 0.25) is 5.91 Å². The number of nitrogens with one attached hydrogen (secondary N) is 4. The fourth-order valence-corrected chi connectivity index (χ4v) is 6.82. The molecule has 2 aliphatic heterocycles. The maximum Gasteiger partial charge on any atom is 0.419 e. The molecule has 4 amide bonds. The van der Waals surface area contributed by atoms with Crippen LogP contribution >= 0.6 is 0 Å². The predicted molar refractivity (Wildman–Crippen MR) is 207 cm³/mol. The van der Waals surface area contributed by atoms with Crippen molar-refractivity contribution in [3.8, 4) is 5.75 Å². The van der Waals surface area contributed by atoms with Crippen LogP contribution in [0.15, 0.2) is 60.8 Å². The Balaban J connectivity index is 1.15. The average Bonchev–Trinajstić information content (AvgIpc) is 3.16. The lowest BCUT2D eigenvalue weighted by atomic mass is 10.0. The minimum atomic E-state index is -4.71. The lowest BCUT2D eigenvalue weighted by Crippen LogP contribution is -2.50. The highest BCUT2D eigenvalue weighted by molar-refractivity contribution is 6.05. The van der Waals surface area contributed by atoms with E-state index < -0.39 is 23.7 Å². The largest absolute Gasteiger partial charge is 0.489 e. The van der Waals surface area contributed by atoms with Crippen molar-refractivity contribution in [2.75, 3.05) is 54.2 Å². The molecule has 2 aliphatic rings. The standard InChI is InChI=1S/C39H45F3N10O4/c1-23(2)56-33-20-32(51-15-12-26(13-16-51)50(5)22-25-10-11-35(49-48-25)52-17-14-36(53)47-38(52)55)24(3)18-31(33)46-34-19-30(28(21-44-34)39(40,41)42)45-29-9-7-6-8-27(29)37(54)43-4/h6-11,18-21,23,26H,12-17,22H2,1-5H3,(H,43,54)(H2,44,45,46)(H,47,53,55). The number of hydrogen-bond acceptors (Lipinski definition) is 11. The highest BCUT2D eigenvalue weighted by Crippen LogP contribution is 2.40. The van der Waals surface area contributed by atoms with Gasteiger partial charge in [-0.1, -0.05) is 12.1 Å². The molecule has 0 saturated carbocycles. The van der Waals surface area contributed by atoms with Crippen molar-refractivity contribution in [1.82, 2.24) is 30.7 Å². The Hall–Kier alpha value is -5.97. The second-order valence-corrected chi connectivity index (χ2v) is 14.1. The average molecular weight is 775 g/mol. The van der Waals surface area contributed by atoms with Gasteiger partial charge in [-0.05, 0) is 76.6 Å². The van der Waals surface area contributed by atoms with E-state index in [0.717, 1.165) is 49.1 Å². The third-order valence-electron chi connectivity index (χ3n) is 9.68. The minimum absolute atomic E-state index is 0.148. The van der Waals surface area contributed by atoms with Crippen LogP contribution in [0, 0.1) is 6.92 Å². The number of amides is 4. The van der Waals surface area contributed by atoms with Crippen molar-refractivity contribution in [2.45, 2.75) is 64.9 Å². The predicted octanol–water partition coefficient (Wildman–Crippen LogP) is 6.38. The molecule has 0 spiro atoms. The number of anilines is 6. The number of rotatable bonds is 12. The van der Waals surface area contributed by atoms with Crippen LogP contribution in [0.2, 0.25) is 0 Å². The maximum atomic E-state index is 14.1. The van der Waals surface area contributed by atoms with E-state index >= 15 is 0 Å². The number of carbonyl (C=O) groups excluding carboxylic acids is 3. The molecular formula is C39H45F3N10O4. The number of urea groups is 1. The zero-order valence-electron chi connectivity index (χ0n) is 31.8. The summed E-state index contributed by atoms with van der Waals surface area (Å²) in [7, 11) is 3.50. The van der Waals surface area contributed by atoms with Crippen LogP contribution in [-0.4, -0.2) is 83.8 Å². The number of piperidine rings is 1. The summed E-state index contributed by atoms with van der Waals surface area (Å²) in [6, 6.07) is 14.8. The lowest BCUT2D eigenvalue weighted by Gasteiger charge is -2.38. The Labute approximate surface area is 322 Å². The molecule has 0 radical (unpaired) electrons. The second-order valence-electron chi connectivity index (χ2n) is 14.1. The third kappa shape index (κ3) is 9.27. The molecule has 4 heterocycles. The zero-order chi connectivity index (χ0) is 40.1. The van der Waals surface area contributed by atoms with Gasteiger partial charge in [-0.2, -0.15) is 18.3 Å². The molecule has 2 aromatic carbocycles.